The Hall–Kier alpha value is -0.420. The topological polar surface area (TPSA) is 44.7 Å². The van der Waals surface area contributed by atoms with Gasteiger partial charge in [-0.3, -0.25) is 4.90 Å². The van der Waals surface area contributed by atoms with Crippen molar-refractivity contribution in [2.45, 2.75) is 6.04 Å². The van der Waals surface area contributed by atoms with E-state index in [2.05, 4.69) is 16.8 Å². The van der Waals surface area contributed by atoms with E-state index < -0.39 is 0 Å². The zero-order valence-corrected chi connectivity index (χ0v) is 8.83. The van der Waals surface area contributed by atoms with Crippen molar-refractivity contribution < 1.29 is 9.84 Å². The van der Waals surface area contributed by atoms with Crippen LogP contribution in [0.4, 0.5) is 0 Å². The molecule has 82 valence electrons. The highest BCUT2D eigenvalue weighted by Crippen LogP contribution is 2.08. The van der Waals surface area contributed by atoms with Gasteiger partial charge < -0.3 is 15.2 Å². The quantitative estimate of drug-likeness (QED) is 0.585. The van der Waals surface area contributed by atoms with Crippen molar-refractivity contribution in [3.8, 4) is 0 Å². The second-order valence-corrected chi connectivity index (χ2v) is 3.66. The van der Waals surface area contributed by atoms with E-state index in [9.17, 15) is 0 Å². The first kappa shape index (κ1) is 11.7. The summed E-state index contributed by atoms with van der Waals surface area (Å²) in [5.41, 5.74) is 1.15. The normalized spacial score (nSPS) is 23.7. The van der Waals surface area contributed by atoms with Crippen molar-refractivity contribution in [1.82, 2.24) is 10.2 Å². The summed E-state index contributed by atoms with van der Waals surface area (Å²) < 4.78 is 5.30. The molecule has 0 aromatic rings. The number of rotatable bonds is 5. The third kappa shape index (κ3) is 3.38. The number of aliphatic hydroxyl groups is 1. The van der Waals surface area contributed by atoms with E-state index in [4.69, 9.17) is 9.84 Å². The van der Waals surface area contributed by atoms with Gasteiger partial charge in [-0.25, -0.2) is 0 Å². The average molecular weight is 200 g/mol. The standard InChI is InChI=1S/C10H20N2O2/c1-9(5-11-2)6-12-3-4-14-8-10(12)7-13/h10-11,13H,1,3-8H2,2H3. The van der Waals surface area contributed by atoms with E-state index in [-0.39, 0.29) is 12.6 Å². The number of hydrogen-bond donors (Lipinski definition) is 2. The van der Waals surface area contributed by atoms with Gasteiger partial charge in [-0.2, -0.15) is 0 Å². The number of nitrogens with zero attached hydrogens (tertiary/aromatic N) is 1. The molecule has 2 N–H and O–H groups in total. The minimum atomic E-state index is 0.136. The van der Waals surface area contributed by atoms with E-state index >= 15 is 0 Å². The number of aliphatic hydroxyl groups excluding tert-OH is 1. The maximum absolute atomic E-state index is 9.14. The number of nitrogens with one attached hydrogen (secondary N) is 1. The molecule has 0 radical (unpaired) electrons. The first-order chi connectivity index (χ1) is 6.77. The average Bonchev–Trinajstić information content (AvgIpc) is 2.19. The summed E-state index contributed by atoms with van der Waals surface area (Å²) in [6.07, 6.45) is 0. The van der Waals surface area contributed by atoms with Gasteiger partial charge in [0.1, 0.15) is 0 Å². The van der Waals surface area contributed by atoms with Gasteiger partial charge in [0.05, 0.1) is 25.9 Å². The largest absolute Gasteiger partial charge is 0.395 e. The Kier molecular flexibility index (Phi) is 5.11. The van der Waals surface area contributed by atoms with E-state index in [1.807, 2.05) is 7.05 Å². The summed E-state index contributed by atoms with van der Waals surface area (Å²) in [6, 6.07) is 0.136. The number of hydrogen-bond acceptors (Lipinski definition) is 4. The highest BCUT2D eigenvalue weighted by molar-refractivity contribution is 5.00. The van der Waals surface area contributed by atoms with Crippen LogP contribution in [0.3, 0.4) is 0 Å². The van der Waals surface area contributed by atoms with E-state index in [0.717, 1.165) is 31.8 Å². The van der Waals surface area contributed by atoms with Gasteiger partial charge in [-0.05, 0) is 12.6 Å². The number of likely N-dealkylation sites (N-methyl/N-ethyl adjacent to an activating group) is 1. The van der Waals surface area contributed by atoms with Crippen molar-refractivity contribution >= 4 is 0 Å². The van der Waals surface area contributed by atoms with Crippen molar-refractivity contribution in [1.29, 1.82) is 0 Å². The molecule has 1 heterocycles. The van der Waals surface area contributed by atoms with Crippen LogP contribution >= 0.6 is 0 Å². The fraction of sp³-hybridized carbons (Fsp3) is 0.800. The molecule has 4 heteroatoms. The lowest BCUT2D eigenvalue weighted by Gasteiger charge is -2.34. The highest BCUT2D eigenvalue weighted by Gasteiger charge is 2.22. The molecule has 0 saturated carbocycles. The molecular weight excluding hydrogens is 180 g/mol. The minimum Gasteiger partial charge on any atom is -0.395 e. The van der Waals surface area contributed by atoms with E-state index in [1.165, 1.54) is 0 Å². The Morgan fingerprint density at radius 1 is 1.71 bits per heavy atom. The van der Waals surface area contributed by atoms with Crippen LogP contribution < -0.4 is 5.32 Å². The Labute approximate surface area is 85.5 Å². The Morgan fingerprint density at radius 2 is 2.50 bits per heavy atom. The van der Waals surface area contributed by atoms with Crippen LogP contribution in [0.15, 0.2) is 12.2 Å². The Bertz CT molecular complexity index is 185. The molecule has 1 aliphatic heterocycles. The van der Waals surface area contributed by atoms with Gasteiger partial charge in [0, 0.05) is 19.6 Å². The van der Waals surface area contributed by atoms with Crippen LogP contribution in [0.5, 0.6) is 0 Å². The fourth-order valence-corrected chi connectivity index (χ4v) is 1.66. The Morgan fingerprint density at radius 3 is 3.14 bits per heavy atom. The first-order valence-electron chi connectivity index (χ1n) is 5.01. The van der Waals surface area contributed by atoms with Crippen molar-refractivity contribution in [2.75, 3.05) is 46.5 Å². The zero-order chi connectivity index (χ0) is 10.4. The molecule has 0 aromatic heterocycles. The molecule has 1 atom stereocenters. The van der Waals surface area contributed by atoms with Gasteiger partial charge in [0.25, 0.3) is 0 Å². The molecular formula is C10H20N2O2. The summed E-state index contributed by atoms with van der Waals surface area (Å²) in [4.78, 5) is 2.23. The van der Waals surface area contributed by atoms with Crippen LogP contribution in [0, 0.1) is 0 Å². The monoisotopic (exact) mass is 200 g/mol. The van der Waals surface area contributed by atoms with Crippen LogP contribution in [0.2, 0.25) is 0 Å². The first-order valence-corrected chi connectivity index (χ1v) is 5.01. The van der Waals surface area contributed by atoms with Crippen LogP contribution in [-0.4, -0.2) is 62.6 Å². The van der Waals surface area contributed by atoms with E-state index in [1.54, 1.807) is 0 Å². The van der Waals surface area contributed by atoms with Crippen molar-refractivity contribution in [3.05, 3.63) is 12.2 Å². The summed E-state index contributed by atoms with van der Waals surface area (Å²) >= 11 is 0. The Balaban J connectivity index is 2.36. The lowest BCUT2D eigenvalue weighted by Crippen LogP contribution is -2.48. The SMILES string of the molecule is C=C(CNC)CN1CCOCC1CO. The van der Waals surface area contributed by atoms with Gasteiger partial charge in [-0.15, -0.1) is 0 Å². The van der Waals surface area contributed by atoms with Crippen LogP contribution in [0.1, 0.15) is 0 Å². The third-order valence-electron chi connectivity index (χ3n) is 2.41. The number of morpholine rings is 1. The molecule has 0 aliphatic carbocycles. The predicted octanol–water partition coefficient (Wildman–Crippen LogP) is -0.545. The second-order valence-electron chi connectivity index (χ2n) is 3.66. The molecule has 1 unspecified atom stereocenters. The molecule has 0 amide bonds. The molecule has 1 fully saturated rings. The van der Waals surface area contributed by atoms with Gasteiger partial charge in [0.15, 0.2) is 0 Å². The maximum atomic E-state index is 9.14. The third-order valence-corrected chi connectivity index (χ3v) is 2.41. The molecule has 0 spiro atoms. The van der Waals surface area contributed by atoms with Crippen LogP contribution in [-0.2, 0) is 4.74 Å². The fourth-order valence-electron chi connectivity index (χ4n) is 1.66. The van der Waals surface area contributed by atoms with Gasteiger partial charge >= 0.3 is 0 Å². The molecule has 0 aromatic carbocycles. The molecule has 14 heavy (non-hydrogen) atoms. The lowest BCUT2D eigenvalue weighted by atomic mass is 10.2. The summed E-state index contributed by atoms with van der Waals surface area (Å²) in [7, 11) is 1.91. The van der Waals surface area contributed by atoms with Gasteiger partial charge in [0.2, 0.25) is 0 Å². The maximum Gasteiger partial charge on any atom is 0.0644 e. The second kappa shape index (κ2) is 6.14. The number of ether oxygens (including phenoxy) is 1. The minimum absolute atomic E-state index is 0.136. The van der Waals surface area contributed by atoms with Crippen molar-refractivity contribution in [2.24, 2.45) is 0 Å². The van der Waals surface area contributed by atoms with E-state index in [0.29, 0.717) is 6.61 Å². The summed E-state index contributed by atoms with van der Waals surface area (Å²) in [5.74, 6) is 0. The summed E-state index contributed by atoms with van der Waals surface area (Å²) in [6.45, 7) is 8.08. The molecule has 1 aliphatic rings. The van der Waals surface area contributed by atoms with Gasteiger partial charge in [-0.1, -0.05) is 6.58 Å². The van der Waals surface area contributed by atoms with Crippen LogP contribution in [0.25, 0.3) is 0 Å². The smallest absolute Gasteiger partial charge is 0.0644 e. The summed E-state index contributed by atoms with van der Waals surface area (Å²) in [5, 5.41) is 12.2. The molecule has 1 saturated heterocycles. The molecule has 1 rings (SSSR count). The predicted molar refractivity (Wildman–Crippen MR) is 56.3 cm³/mol. The zero-order valence-electron chi connectivity index (χ0n) is 8.83. The molecule has 0 bridgehead atoms. The lowest BCUT2D eigenvalue weighted by molar-refractivity contribution is -0.0231. The van der Waals surface area contributed by atoms with Crippen molar-refractivity contribution in [3.63, 3.8) is 0 Å². The highest BCUT2D eigenvalue weighted by atomic mass is 16.5. The molecule has 4 nitrogen and oxygen atoms in total.